The molecule has 2 aliphatic rings. The van der Waals surface area contributed by atoms with Crippen LogP contribution in [0.5, 0.6) is 0 Å². The van der Waals surface area contributed by atoms with Crippen LogP contribution in [-0.2, 0) is 4.79 Å². The average Bonchev–Trinajstić information content (AvgIpc) is 3.11. The highest BCUT2D eigenvalue weighted by molar-refractivity contribution is 5.94. The van der Waals surface area contributed by atoms with E-state index in [1.807, 2.05) is 0 Å². The lowest BCUT2D eigenvalue weighted by Gasteiger charge is -2.34. The first-order valence-electron chi connectivity index (χ1n) is 9.78. The van der Waals surface area contributed by atoms with Crippen LogP contribution in [0.15, 0.2) is 18.2 Å². The Morgan fingerprint density at radius 1 is 1.15 bits per heavy atom. The summed E-state index contributed by atoms with van der Waals surface area (Å²) < 4.78 is 0. The maximum Gasteiger partial charge on any atom is 0.321 e. The van der Waals surface area contributed by atoms with Gasteiger partial charge in [-0.1, -0.05) is 25.0 Å². The van der Waals surface area contributed by atoms with Crippen molar-refractivity contribution in [3.63, 3.8) is 0 Å². The van der Waals surface area contributed by atoms with Crippen molar-refractivity contribution in [1.82, 2.24) is 10.6 Å². The highest BCUT2D eigenvalue weighted by atomic mass is 16.2. The number of carbonyl (C=O) groups excluding carboxylic acids is 2. The van der Waals surface area contributed by atoms with Gasteiger partial charge in [0.25, 0.3) is 5.91 Å². The Balaban J connectivity index is 1.42. The van der Waals surface area contributed by atoms with Gasteiger partial charge in [0.1, 0.15) is 0 Å². The third-order valence-electron chi connectivity index (χ3n) is 5.74. The number of anilines is 1. The monoisotopic (exact) mass is 359 g/mol. The minimum Gasteiger partial charge on any atom is -0.360 e. The van der Waals surface area contributed by atoms with E-state index in [0.717, 1.165) is 51.9 Å². The summed E-state index contributed by atoms with van der Waals surface area (Å²) in [7, 11) is 0. The molecule has 3 rings (SSSR count). The van der Waals surface area contributed by atoms with Crippen LogP contribution in [-0.4, -0.2) is 50.7 Å². The molecule has 0 bridgehead atoms. The Bertz CT molecular complexity index is 647. The zero-order valence-corrected chi connectivity index (χ0v) is 15.9. The fourth-order valence-electron chi connectivity index (χ4n) is 4.01. The van der Waals surface area contributed by atoms with Gasteiger partial charge in [0, 0.05) is 11.7 Å². The van der Waals surface area contributed by atoms with Gasteiger partial charge in [-0.3, -0.25) is 10.1 Å². The van der Waals surface area contributed by atoms with E-state index in [9.17, 15) is 9.59 Å². The van der Waals surface area contributed by atoms with Crippen LogP contribution in [0.3, 0.4) is 0 Å². The number of amides is 3. The van der Waals surface area contributed by atoms with E-state index in [2.05, 4.69) is 47.6 Å². The largest absolute Gasteiger partial charge is 0.360 e. The number of nitrogens with one attached hydrogen (secondary N) is 3. The molecule has 1 saturated carbocycles. The van der Waals surface area contributed by atoms with Crippen LogP contribution in [0.25, 0.3) is 0 Å². The van der Waals surface area contributed by atoms with Crippen molar-refractivity contribution < 1.29 is 14.5 Å². The fourth-order valence-corrected chi connectivity index (χ4v) is 4.01. The van der Waals surface area contributed by atoms with Gasteiger partial charge in [0.2, 0.25) is 0 Å². The first kappa shape index (κ1) is 18.7. The quantitative estimate of drug-likeness (QED) is 0.744. The van der Waals surface area contributed by atoms with E-state index in [-0.39, 0.29) is 18.0 Å². The lowest BCUT2D eigenvalue weighted by Crippen LogP contribution is -3.16. The van der Waals surface area contributed by atoms with Gasteiger partial charge >= 0.3 is 6.03 Å². The Hall–Kier alpha value is -2.08. The predicted molar refractivity (Wildman–Crippen MR) is 103 cm³/mol. The van der Waals surface area contributed by atoms with Gasteiger partial charge in [-0.15, -0.1) is 0 Å². The maximum atomic E-state index is 12.1. The Morgan fingerprint density at radius 3 is 2.54 bits per heavy atom. The van der Waals surface area contributed by atoms with E-state index in [1.165, 1.54) is 21.7 Å². The average molecular weight is 359 g/mol. The normalized spacial score (nSPS) is 18.8. The molecular formula is C20H31N4O2+. The summed E-state index contributed by atoms with van der Waals surface area (Å²) in [5.41, 5.74) is 3.94. The number of nitrogens with zero attached hydrogens (tertiary/aromatic N) is 1. The van der Waals surface area contributed by atoms with Crippen LogP contribution in [0.1, 0.15) is 36.8 Å². The van der Waals surface area contributed by atoms with E-state index in [0.29, 0.717) is 6.54 Å². The summed E-state index contributed by atoms with van der Waals surface area (Å²) in [6, 6.07) is 6.31. The molecule has 1 aromatic carbocycles. The Morgan fingerprint density at radius 2 is 1.85 bits per heavy atom. The molecule has 1 aromatic rings. The minimum absolute atomic E-state index is 0.185. The number of aryl methyl sites for hydroxylation is 1. The summed E-state index contributed by atoms with van der Waals surface area (Å²) in [4.78, 5) is 27.7. The van der Waals surface area contributed by atoms with Crippen molar-refractivity contribution in [2.24, 2.45) is 0 Å². The lowest BCUT2D eigenvalue weighted by atomic mass is 10.1. The Kier molecular flexibility index (Phi) is 6.14. The topological polar surface area (TPSA) is 65.9 Å². The van der Waals surface area contributed by atoms with Crippen molar-refractivity contribution >= 4 is 17.6 Å². The Labute approximate surface area is 155 Å². The number of hydrogen-bond acceptors (Lipinski definition) is 3. The number of benzene rings is 1. The number of rotatable bonds is 4. The second kappa shape index (κ2) is 8.54. The van der Waals surface area contributed by atoms with Gasteiger partial charge in [-0.25, -0.2) is 4.79 Å². The molecule has 0 spiro atoms. The van der Waals surface area contributed by atoms with Gasteiger partial charge in [0.05, 0.1) is 26.2 Å². The smallest absolute Gasteiger partial charge is 0.321 e. The SMILES string of the molecule is Cc1cccc(N2CC[NH+](CC(=O)NC(=O)NC3CCCC3)CC2)c1C. The first-order chi connectivity index (χ1) is 12.5. The van der Waals surface area contributed by atoms with Crippen LogP contribution in [0.4, 0.5) is 10.5 Å². The van der Waals surface area contributed by atoms with E-state index < -0.39 is 0 Å². The van der Waals surface area contributed by atoms with Gasteiger partial charge < -0.3 is 15.1 Å². The molecule has 3 amide bonds. The van der Waals surface area contributed by atoms with E-state index >= 15 is 0 Å². The number of piperazine rings is 1. The van der Waals surface area contributed by atoms with Crippen LogP contribution < -0.4 is 20.4 Å². The molecule has 0 atom stereocenters. The maximum absolute atomic E-state index is 12.1. The number of quaternary nitrogens is 1. The highest BCUT2D eigenvalue weighted by Crippen LogP contribution is 2.22. The van der Waals surface area contributed by atoms with Gasteiger partial charge in [-0.2, -0.15) is 0 Å². The third-order valence-corrected chi connectivity index (χ3v) is 5.74. The molecule has 26 heavy (non-hydrogen) atoms. The van der Waals surface area contributed by atoms with Gasteiger partial charge in [0.15, 0.2) is 6.54 Å². The fraction of sp³-hybridized carbons (Fsp3) is 0.600. The second-order valence-electron chi connectivity index (χ2n) is 7.64. The molecular weight excluding hydrogens is 328 g/mol. The lowest BCUT2D eigenvalue weighted by molar-refractivity contribution is -0.892. The zero-order valence-electron chi connectivity index (χ0n) is 15.9. The van der Waals surface area contributed by atoms with Crippen molar-refractivity contribution in [3.8, 4) is 0 Å². The summed E-state index contributed by atoms with van der Waals surface area (Å²) in [5, 5.41) is 5.39. The van der Waals surface area contributed by atoms with Gasteiger partial charge in [-0.05, 0) is 43.9 Å². The summed E-state index contributed by atoms with van der Waals surface area (Å²) in [5.74, 6) is -0.185. The molecule has 0 aromatic heterocycles. The summed E-state index contributed by atoms with van der Waals surface area (Å²) in [6.45, 7) is 8.35. The third kappa shape index (κ3) is 4.75. The summed E-state index contributed by atoms with van der Waals surface area (Å²) >= 11 is 0. The summed E-state index contributed by atoms with van der Waals surface area (Å²) in [6.07, 6.45) is 4.36. The molecule has 6 heteroatoms. The second-order valence-corrected chi connectivity index (χ2v) is 7.64. The molecule has 3 N–H and O–H groups in total. The van der Waals surface area contributed by atoms with Crippen molar-refractivity contribution in [2.45, 2.75) is 45.6 Å². The van der Waals surface area contributed by atoms with E-state index in [4.69, 9.17) is 0 Å². The number of hydrogen-bond donors (Lipinski definition) is 3. The molecule has 142 valence electrons. The van der Waals surface area contributed by atoms with Crippen LogP contribution >= 0.6 is 0 Å². The van der Waals surface area contributed by atoms with Crippen LogP contribution in [0.2, 0.25) is 0 Å². The highest BCUT2D eigenvalue weighted by Gasteiger charge is 2.24. The molecule has 2 fully saturated rings. The van der Waals surface area contributed by atoms with Crippen molar-refractivity contribution in [3.05, 3.63) is 29.3 Å². The number of urea groups is 1. The molecule has 1 saturated heterocycles. The van der Waals surface area contributed by atoms with Crippen molar-refractivity contribution in [2.75, 3.05) is 37.6 Å². The zero-order chi connectivity index (χ0) is 18.5. The van der Waals surface area contributed by atoms with Crippen molar-refractivity contribution in [1.29, 1.82) is 0 Å². The standard InChI is InChI=1S/C20H30N4O2/c1-15-6-5-9-18(16(15)2)24-12-10-23(11-13-24)14-19(25)22-20(26)21-17-7-3-4-8-17/h5-6,9,17H,3-4,7-8,10-14H2,1-2H3,(H2,21,22,25,26)/p+1. The number of carbonyl (C=O) groups is 2. The molecule has 1 heterocycles. The predicted octanol–water partition coefficient (Wildman–Crippen LogP) is 0.777. The number of imide groups is 1. The molecule has 0 radical (unpaired) electrons. The molecule has 0 unspecified atom stereocenters. The first-order valence-corrected chi connectivity index (χ1v) is 9.78. The molecule has 1 aliphatic carbocycles. The minimum atomic E-state index is -0.338. The molecule has 6 nitrogen and oxygen atoms in total. The van der Waals surface area contributed by atoms with Crippen LogP contribution in [0, 0.1) is 13.8 Å². The van der Waals surface area contributed by atoms with E-state index in [1.54, 1.807) is 0 Å². The molecule has 1 aliphatic heterocycles.